The zero-order chi connectivity index (χ0) is 32.9. The molecular weight excluding hydrogens is 617 g/mol. The smallest absolute Gasteiger partial charge is 0.433 e. The number of carbonyl (C=O) groups is 1. The van der Waals surface area contributed by atoms with Gasteiger partial charge in [0.1, 0.15) is 22.8 Å². The summed E-state index contributed by atoms with van der Waals surface area (Å²) >= 11 is 0. The number of piperidine rings is 1. The van der Waals surface area contributed by atoms with Gasteiger partial charge in [-0.05, 0) is 61.4 Å². The van der Waals surface area contributed by atoms with Gasteiger partial charge in [0, 0.05) is 42.5 Å². The van der Waals surface area contributed by atoms with E-state index < -0.39 is 17.8 Å². The Labute approximate surface area is 264 Å². The van der Waals surface area contributed by atoms with Crippen LogP contribution in [0.3, 0.4) is 0 Å². The molecule has 7 rings (SSSR count). The van der Waals surface area contributed by atoms with Gasteiger partial charge in [-0.3, -0.25) is 9.36 Å². The highest BCUT2D eigenvalue weighted by Crippen LogP contribution is 2.37. The molecule has 15 heteroatoms. The third-order valence-electron chi connectivity index (χ3n) is 8.27. The van der Waals surface area contributed by atoms with E-state index >= 15 is 0 Å². The first kappa shape index (κ1) is 30.1. The lowest BCUT2D eigenvalue weighted by Gasteiger charge is -2.32. The second-order valence-corrected chi connectivity index (χ2v) is 10.9. The van der Waals surface area contributed by atoms with Gasteiger partial charge in [-0.15, -0.1) is 0 Å². The molecule has 1 aliphatic rings. The summed E-state index contributed by atoms with van der Waals surface area (Å²) < 4.78 is 54.6. The Morgan fingerprint density at radius 3 is 2.51 bits per heavy atom. The number of oxazole rings is 1. The highest BCUT2D eigenvalue weighted by atomic mass is 19.4. The summed E-state index contributed by atoms with van der Waals surface area (Å²) in [4.78, 5) is 46.2. The number of halogens is 3. The van der Waals surface area contributed by atoms with E-state index in [-0.39, 0.29) is 46.9 Å². The summed E-state index contributed by atoms with van der Waals surface area (Å²) in [6.45, 7) is 0.505. The number of amides is 1. The molecule has 0 atom stereocenters. The Morgan fingerprint density at radius 1 is 1.02 bits per heavy atom. The van der Waals surface area contributed by atoms with Crippen molar-refractivity contribution < 1.29 is 27.1 Å². The number of pyridine rings is 3. The zero-order valence-corrected chi connectivity index (χ0v) is 24.9. The third kappa shape index (κ3) is 5.17. The van der Waals surface area contributed by atoms with Gasteiger partial charge in [0.25, 0.3) is 5.91 Å². The van der Waals surface area contributed by atoms with E-state index in [1.807, 2.05) is 6.07 Å². The minimum Gasteiger partial charge on any atom is -0.494 e. The number of nitrogens with two attached hydrogens (primary N) is 1. The summed E-state index contributed by atoms with van der Waals surface area (Å²) in [6, 6.07) is 13.9. The third-order valence-corrected chi connectivity index (χ3v) is 8.27. The maximum Gasteiger partial charge on any atom is 0.433 e. The van der Waals surface area contributed by atoms with Crippen molar-refractivity contribution in [2.75, 3.05) is 20.2 Å². The number of hydrogen-bond donors (Lipinski definition) is 1. The number of carbonyl (C=O) groups excluding carboxylic acids is 1. The van der Waals surface area contributed by atoms with Gasteiger partial charge in [0.2, 0.25) is 5.89 Å². The van der Waals surface area contributed by atoms with Crippen molar-refractivity contribution >= 4 is 28.0 Å². The first-order valence-electron chi connectivity index (χ1n) is 14.7. The van der Waals surface area contributed by atoms with Crippen LogP contribution < -0.4 is 16.2 Å². The van der Waals surface area contributed by atoms with E-state index in [2.05, 4.69) is 19.9 Å². The van der Waals surface area contributed by atoms with Crippen LogP contribution in [0.25, 0.3) is 39.3 Å². The van der Waals surface area contributed by atoms with Crippen LogP contribution in [0, 0.1) is 0 Å². The van der Waals surface area contributed by atoms with Crippen molar-refractivity contribution in [2.45, 2.75) is 31.6 Å². The van der Waals surface area contributed by atoms with Crippen LogP contribution in [0.15, 0.2) is 76.2 Å². The lowest BCUT2D eigenvalue weighted by Crippen LogP contribution is -2.41. The molecule has 5 aromatic heterocycles. The van der Waals surface area contributed by atoms with Crippen LogP contribution >= 0.6 is 0 Å². The average molecular weight is 645 g/mol. The molecule has 0 saturated carbocycles. The van der Waals surface area contributed by atoms with Crippen molar-refractivity contribution in [3.63, 3.8) is 0 Å². The van der Waals surface area contributed by atoms with Gasteiger partial charge in [0.05, 0.1) is 19.2 Å². The summed E-state index contributed by atoms with van der Waals surface area (Å²) in [7, 11) is 1.33. The Bertz CT molecular complexity index is 2180. The molecule has 6 heterocycles. The molecule has 2 N–H and O–H groups in total. The largest absolute Gasteiger partial charge is 0.494 e. The normalized spacial score (nSPS) is 14.3. The quantitative estimate of drug-likeness (QED) is 0.271. The van der Waals surface area contributed by atoms with Gasteiger partial charge >= 0.3 is 11.9 Å². The van der Waals surface area contributed by atoms with Crippen molar-refractivity contribution in [2.24, 2.45) is 5.73 Å². The molecule has 6 aromatic rings. The Morgan fingerprint density at radius 2 is 1.81 bits per heavy atom. The molecule has 240 valence electrons. The minimum absolute atomic E-state index is 0.00961. The molecule has 0 aliphatic carbocycles. The fourth-order valence-electron chi connectivity index (χ4n) is 6.04. The highest BCUT2D eigenvalue weighted by Gasteiger charge is 2.34. The predicted molar refractivity (Wildman–Crippen MR) is 164 cm³/mol. The van der Waals surface area contributed by atoms with E-state index in [0.717, 1.165) is 6.07 Å². The lowest BCUT2D eigenvalue weighted by atomic mass is 10.0. The number of likely N-dealkylation sites (tertiary alicyclic amines) is 1. The van der Waals surface area contributed by atoms with Gasteiger partial charge in [-0.2, -0.15) is 13.2 Å². The van der Waals surface area contributed by atoms with Crippen LogP contribution in [0.1, 0.15) is 40.8 Å². The summed E-state index contributed by atoms with van der Waals surface area (Å²) in [5.74, 6) is 0.361. The molecule has 1 saturated heterocycles. The predicted octanol–water partition coefficient (Wildman–Crippen LogP) is 4.75. The van der Waals surface area contributed by atoms with Crippen molar-refractivity contribution in [3.05, 3.63) is 94.6 Å². The van der Waals surface area contributed by atoms with Crippen molar-refractivity contribution in [1.82, 2.24) is 34.0 Å². The highest BCUT2D eigenvalue weighted by molar-refractivity contribution is 5.98. The lowest BCUT2D eigenvalue weighted by molar-refractivity contribution is -0.140. The number of rotatable bonds is 6. The van der Waals surface area contributed by atoms with Gasteiger partial charge < -0.3 is 19.8 Å². The number of nitrogens with zero attached hydrogens (tertiary/aromatic N) is 7. The monoisotopic (exact) mass is 644 g/mol. The van der Waals surface area contributed by atoms with Crippen molar-refractivity contribution in [3.8, 4) is 23.0 Å². The number of methoxy groups -OCH3 is 1. The first-order valence-corrected chi connectivity index (χ1v) is 14.7. The SMILES string of the molecule is COc1ccc(-c2nc(C(=O)N3CCC(n4c(=O)n(-c5ccccn5)c5cccnc54)CC3)c(CN)o2)c2ccc(C(F)(F)F)nc12. The van der Waals surface area contributed by atoms with Gasteiger partial charge in [-0.25, -0.2) is 29.3 Å². The standard InChI is InChI=1S/C32H27F3N8O4/c1-46-22-9-7-20(19-8-10-24(32(33,34)35)39-26(19)22)29-40-27(23(17-36)47-29)30(44)41-15-11-18(12-16-41)42-28-21(5-4-14-38-28)43(31(42)45)25-6-2-3-13-37-25/h2-10,13-14,18H,11-12,15-17,36H2,1H3. The molecule has 0 bridgehead atoms. The average Bonchev–Trinajstić information content (AvgIpc) is 3.65. The fraction of sp³-hybridized carbons (Fsp3) is 0.250. The molecular formula is C32H27F3N8O4. The number of ether oxygens (including phenoxy) is 1. The second-order valence-electron chi connectivity index (χ2n) is 10.9. The Hall–Kier alpha value is -5.57. The van der Waals surface area contributed by atoms with Gasteiger partial charge in [0.15, 0.2) is 17.1 Å². The van der Waals surface area contributed by atoms with Crippen molar-refractivity contribution in [1.29, 1.82) is 0 Å². The second kappa shape index (κ2) is 11.7. The minimum atomic E-state index is -4.65. The van der Waals surface area contributed by atoms with Crippen LogP contribution in [-0.2, 0) is 12.7 Å². The molecule has 47 heavy (non-hydrogen) atoms. The number of aromatic nitrogens is 6. The maximum absolute atomic E-state index is 13.8. The van der Waals surface area contributed by atoms with Crippen LogP contribution in [-0.4, -0.2) is 60.1 Å². The summed E-state index contributed by atoms with van der Waals surface area (Å²) in [6.07, 6.45) is -0.453. The van der Waals surface area contributed by atoms with E-state index in [9.17, 15) is 22.8 Å². The molecule has 0 unspecified atom stereocenters. The molecule has 1 aliphatic heterocycles. The maximum atomic E-state index is 13.8. The molecule has 1 fully saturated rings. The Balaban J connectivity index is 1.17. The molecule has 1 amide bonds. The first-order chi connectivity index (χ1) is 22.7. The van der Waals surface area contributed by atoms with E-state index in [4.69, 9.17) is 14.9 Å². The molecule has 0 spiro atoms. The van der Waals surface area contributed by atoms with Gasteiger partial charge in [-0.1, -0.05) is 6.07 Å². The van der Waals surface area contributed by atoms with Crippen LogP contribution in [0.2, 0.25) is 0 Å². The van der Waals surface area contributed by atoms with E-state index in [1.54, 1.807) is 52.2 Å². The van der Waals surface area contributed by atoms with E-state index in [0.29, 0.717) is 53.9 Å². The topological polar surface area (TPSA) is 147 Å². The van der Waals surface area contributed by atoms with Crippen LogP contribution in [0.4, 0.5) is 13.2 Å². The Kier molecular flexibility index (Phi) is 7.47. The summed E-state index contributed by atoms with van der Waals surface area (Å²) in [5.41, 5.74) is 6.06. The molecule has 0 radical (unpaired) electrons. The number of imidazole rings is 1. The van der Waals surface area contributed by atoms with E-state index in [1.165, 1.54) is 23.8 Å². The number of benzene rings is 1. The fourth-order valence-corrected chi connectivity index (χ4v) is 6.04. The molecule has 12 nitrogen and oxygen atoms in total. The zero-order valence-electron chi connectivity index (χ0n) is 24.9. The molecule has 1 aromatic carbocycles. The number of hydrogen-bond acceptors (Lipinski definition) is 9. The van der Waals surface area contributed by atoms with Crippen LogP contribution in [0.5, 0.6) is 5.75 Å². The summed E-state index contributed by atoms with van der Waals surface area (Å²) in [5, 5.41) is 0.297. The number of fused-ring (bicyclic) bond motifs is 2. The number of alkyl halides is 3.